The Morgan fingerprint density at radius 3 is 2.60 bits per heavy atom. The van der Waals surface area contributed by atoms with Gasteiger partial charge < -0.3 is 5.32 Å². The van der Waals surface area contributed by atoms with Crippen LogP contribution in [0.5, 0.6) is 0 Å². The number of fused-ring (bicyclic) bond motifs is 1. The molecule has 2 aromatic rings. The highest BCUT2D eigenvalue weighted by Crippen LogP contribution is 2.14. The van der Waals surface area contributed by atoms with E-state index in [1.807, 2.05) is 0 Å². The molecule has 1 aromatic heterocycles. The first-order valence-corrected chi connectivity index (χ1v) is 7.54. The van der Waals surface area contributed by atoms with Gasteiger partial charge in [-0.1, -0.05) is 31.2 Å². The molecule has 0 bridgehead atoms. The molecule has 2 heteroatoms. The Bertz CT molecular complexity index is 555. The highest BCUT2D eigenvalue weighted by molar-refractivity contribution is 5.78. The number of aromatic nitrogens is 1. The van der Waals surface area contributed by atoms with Crippen molar-refractivity contribution < 1.29 is 0 Å². The predicted octanol–water partition coefficient (Wildman–Crippen LogP) is 4.19. The third-order valence-electron chi connectivity index (χ3n) is 3.53. The number of para-hydroxylation sites is 1. The highest BCUT2D eigenvalue weighted by atomic mass is 14.9. The van der Waals surface area contributed by atoms with E-state index in [4.69, 9.17) is 4.98 Å². The topological polar surface area (TPSA) is 24.9 Å². The molecule has 0 amide bonds. The molecule has 0 saturated carbocycles. The third kappa shape index (κ3) is 4.61. The van der Waals surface area contributed by atoms with Gasteiger partial charge >= 0.3 is 0 Å². The van der Waals surface area contributed by atoms with E-state index in [1.54, 1.807) is 0 Å². The lowest BCUT2D eigenvalue weighted by Gasteiger charge is -2.23. The molecule has 108 valence electrons. The fourth-order valence-electron chi connectivity index (χ4n) is 2.22. The zero-order valence-electron chi connectivity index (χ0n) is 13.1. The lowest BCUT2D eigenvalue weighted by molar-refractivity contribution is 0.372. The average molecular weight is 270 g/mol. The number of pyridine rings is 1. The van der Waals surface area contributed by atoms with Crippen LogP contribution < -0.4 is 5.32 Å². The molecule has 0 radical (unpaired) electrons. The Kier molecular flexibility index (Phi) is 4.77. The maximum absolute atomic E-state index is 4.74. The Balaban J connectivity index is 1.89. The van der Waals surface area contributed by atoms with Gasteiger partial charge in [0.1, 0.15) is 0 Å². The molecule has 0 aliphatic heterocycles. The van der Waals surface area contributed by atoms with Crippen LogP contribution in [-0.2, 0) is 6.42 Å². The van der Waals surface area contributed by atoms with Crippen LogP contribution in [0.3, 0.4) is 0 Å². The molecule has 2 rings (SSSR count). The van der Waals surface area contributed by atoms with E-state index < -0.39 is 0 Å². The van der Waals surface area contributed by atoms with Gasteiger partial charge in [0.25, 0.3) is 0 Å². The molecule has 1 unspecified atom stereocenters. The Hall–Kier alpha value is -1.41. The lowest BCUT2D eigenvalue weighted by atomic mass is 10.0. The van der Waals surface area contributed by atoms with Crippen molar-refractivity contribution in [3.63, 3.8) is 0 Å². The van der Waals surface area contributed by atoms with E-state index in [2.05, 4.69) is 69.4 Å². The van der Waals surface area contributed by atoms with Gasteiger partial charge in [-0.15, -0.1) is 0 Å². The summed E-state index contributed by atoms with van der Waals surface area (Å²) in [6.45, 7) is 10.0. The van der Waals surface area contributed by atoms with E-state index in [-0.39, 0.29) is 5.54 Å². The number of hydrogen-bond acceptors (Lipinski definition) is 2. The zero-order chi connectivity index (χ0) is 14.6. The molecule has 2 nitrogen and oxygen atoms in total. The van der Waals surface area contributed by atoms with Crippen molar-refractivity contribution in [2.45, 2.75) is 46.1 Å². The Labute approximate surface area is 122 Å². The van der Waals surface area contributed by atoms with Crippen LogP contribution in [0.15, 0.2) is 36.4 Å². The summed E-state index contributed by atoms with van der Waals surface area (Å²) < 4.78 is 0. The largest absolute Gasteiger partial charge is 0.312 e. The minimum Gasteiger partial charge on any atom is -0.312 e. The first-order valence-electron chi connectivity index (χ1n) is 7.54. The van der Waals surface area contributed by atoms with Crippen molar-refractivity contribution in [1.82, 2.24) is 10.3 Å². The Morgan fingerprint density at radius 1 is 1.10 bits per heavy atom. The van der Waals surface area contributed by atoms with Gasteiger partial charge in [0.05, 0.1) is 5.52 Å². The molecule has 1 atom stereocenters. The van der Waals surface area contributed by atoms with Crippen molar-refractivity contribution in [1.29, 1.82) is 0 Å². The maximum Gasteiger partial charge on any atom is 0.0705 e. The quantitative estimate of drug-likeness (QED) is 0.881. The number of benzene rings is 1. The molecule has 1 heterocycles. The van der Waals surface area contributed by atoms with Gasteiger partial charge in [-0.2, -0.15) is 0 Å². The third-order valence-corrected chi connectivity index (χ3v) is 3.53. The molecule has 0 aliphatic rings. The fourth-order valence-corrected chi connectivity index (χ4v) is 2.22. The molecule has 0 saturated heterocycles. The van der Waals surface area contributed by atoms with Gasteiger partial charge in [-0.25, -0.2) is 0 Å². The normalized spacial score (nSPS) is 13.6. The van der Waals surface area contributed by atoms with Crippen molar-refractivity contribution >= 4 is 10.9 Å². The number of nitrogens with zero attached hydrogens (tertiary/aromatic N) is 1. The molecule has 1 N–H and O–H groups in total. The SMILES string of the molecule is CC(CCc1ccc2ccccc2n1)CNC(C)(C)C. The number of hydrogen-bond donors (Lipinski definition) is 1. The van der Waals surface area contributed by atoms with Gasteiger partial charge in [-0.3, -0.25) is 4.98 Å². The molecule has 20 heavy (non-hydrogen) atoms. The monoisotopic (exact) mass is 270 g/mol. The fraction of sp³-hybridized carbons (Fsp3) is 0.500. The van der Waals surface area contributed by atoms with Crippen LogP contribution in [0.4, 0.5) is 0 Å². The van der Waals surface area contributed by atoms with E-state index in [0.717, 1.165) is 18.5 Å². The van der Waals surface area contributed by atoms with Gasteiger partial charge in [0.2, 0.25) is 0 Å². The maximum atomic E-state index is 4.74. The highest BCUT2D eigenvalue weighted by Gasteiger charge is 2.11. The summed E-state index contributed by atoms with van der Waals surface area (Å²) in [5.41, 5.74) is 2.51. The van der Waals surface area contributed by atoms with Crippen molar-refractivity contribution in [3.8, 4) is 0 Å². The average Bonchev–Trinajstić information content (AvgIpc) is 2.42. The van der Waals surface area contributed by atoms with Crippen molar-refractivity contribution in [2.75, 3.05) is 6.54 Å². The van der Waals surface area contributed by atoms with Crippen LogP contribution in [0.2, 0.25) is 0 Å². The van der Waals surface area contributed by atoms with Gasteiger partial charge in [0, 0.05) is 16.6 Å². The lowest BCUT2D eigenvalue weighted by Crippen LogP contribution is -2.38. The minimum atomic E-state index is 0.204. The second-order valence-corrected chi connectivity index (χ2v) is 6.77. The second-order valence-electron chi connectivity index (χ2n) is 6.77. The number of rotatable bonds is 5. The summed E-state index contributed by atoms with van der Waals surface area (Å²) in [6, 6.07) is 12.6. The van der Waals surface area contributed by atoms with E-state index in [0.29, 0.717) is 5.92 Å². The summed E-state index contributed by atoms with van der Waals surface area (Å²) >= 11 is 0. The molecular formula is C18H26N2. The van der Waals surface area contributed by atoms with Gasteiger partial charge in [-0.05, 0) is 58.2 Å². The summed E-state index contributed by atoms with van der Waals surface area (Å²) in [5, 5.41) is 4.79. The van der Waals surface area contributed by atoms with Crippen LogP contribution in [0, 0.1) is 5.92 Å². The van der Waals surface area contributed by atoms with E-state index in [1.165, 1.54) is 17.5 Å². The van der Waals surface area contributed by atoms with E-state index >= 15 is 0 Å². The van der Waals surface area contributed by atoms with Crippen LogP contribution in [0.1, 0.15) is 39.8 Å². The molecular weight excluding hydrogens is 244 g/mol. The van der Waals surface area contributed by atoms with Crippen LogP contribution >= 0.6 is 0 Å². The Morgan fingerprint density at radius 2 is 1.85 bits per heavy atom. The summed E-state index contributed by atoms with van der Waals surface area (Å²) in [4.78, 5) is 4.74. The first-order chi connectivity index (χ1) is 9.44. The molecule has 0 spiro atoms. The smallest absolute Gasteiger partial charge is 0.0705 e. The first kappa shape index (κ1) is 15.0. The zero-order valence-corrected chi connectivity index (χ0v) is 13.1. The standard InChI is InChI=1S/C18H26N2/c1-14(13-19-18(2,3)4)9-11-16-12-10-15-7-5-6-8-17(15)20-16/h5-8,10,12,14,19H,9,11,13H2,1-4H3. The van der Waals surface area contributed by atoms with Crippen molar-refractivity contribution in [2.24, 2.45) is 5.92 Å². The summed E-state index contributed by atoms with van der Waals surface area (Å²) in [7, 11) is 0. The molecule has 1 aromatic carbocycles. The number of aryl methyl sites for hydroxylation is 1. The van der Waals surface area contributed by atoms with E-state index in [9.17, 15) is 0 Å². The molecule has 0 fully saturated rings. The summed E-state index contributed by atoms with van der Waals surface area (Å²) in [5.74, 6) is 0.669. The second kappa shape index (κ2) is 6.36. The van der Waals surface area contributed by atoms with Crippen LogP contribution in [0.25, 0.3) is 10.9 Å². The number of nitrogens with one attached hydrogen (secondary N) is 1. The van der Waals surface area contributed by atoms with Crippen LogP contribution in [-0.4, -0.2) is 17.1 Å². The minimum absolute atomic E-state index is 0.204. The summed E-state index contributed by atoms with van der Waals surface area (Å²) in [6.07, 6.45) is 2.23. The predicted molar refractivity (Wildman–Crippen MR) is 87.0 cm³/mol. The van der Waals surface area contributed by atoms with Crippen molar-refractivity contribution in [3.05, 3.63) is 42.1 Å². The molecule has 0 aliphatic carbocycles. The van der Waals surface area contributed by atoms with Gasteiger partial charge in [0.15, 0.2) is 0 Å².